The maximum atomic E-state index is 12.2. The molecule has 1 amide bonds. The number of carbonyl (C=O) groups is 1. The summed E-state index contributed by atoms with van der Waals surface area (Å²) in [5.74, 6) is 0.274. The van der Waals surface area contributed by atoms with E-state index in [-0.39, 0.29) is 12.5 Å². The first-order valence-electron chi connectivity index (χ1n) is 8.33. The van der Waals surface area contributed by atoms with Gasteiger partial charge in [-0.05, 0) is 24.3 Å². The van der Waals surface area contributed by atoms with Crippen molar-refractivity contribution >= 4 is 22.9 Å². The van der Waals surface area contributed by atoms with Gasteiger partial charge in [-0.1, -0.05) is 42.5 Å². The third kappa shape index (κ3) is 4.06. The van der Waals surface area contributed by atoms with Crippen LogP contribution in [0.4, 0.5) is 5.69 Å². The zero-order chi connectivity index (χ0) is 18.6. The number of aryl methyl sites for hydroxylation is 1. The number of benzene rings is 2. The second-order valence-electron chi connectivity index (χ2n) is 5.89. The van der Waals surface area contributed by atoms with E-state index in [4.69, 9.17) is 0 Å². The maximum absolute atomic E-state index is 12.2. The smallest absolute Gasteiger partial charge is 0.248 e. The number of carbonyl (C=O) groups excluding carboxylic acids is 1. The molecule has 1 N–H and O–H groups in total. The number of hydrogen-bond acceptors (Lipinski definition) is 6. The molecule has 2 aromatic heterocycles. The zero-order valence-corrected chi connectivity index (χ0v) is 15.3. The summed E-state index contributed by atoms with van der Waals surface area (Å²) >= 11 is 1.61. The molecule has 0 saturated carbocycles. The van der Waals surface area contributed by atoms with Crippen LogP contribution in [0.15, 0.2) is 60.0 Å². The van der Waals surface area contributed by atoms with Crippen molar-refractivity contribution < 1.29 is 4.79 Å². The Bertz CT molecular complexity index is 1060. The third-order valence-corrected chi connectivity index (χ3v) is 4.63. The van der Waals surface area contributed by atoms with Crippen molar-refractivity contribution in [2.24, 2.45) is 0 Å². The molecule has 2 aromatic carbocycles. The zero-order valence-electron chi connectivity index (χ0n) is 14.5. The molecule has 4 rings (SSSR count). The van der Waals surface area contributed by atoms with Crippen molar-refractivity contribution in [2.75, 3.05) is 5.32 Å². The lowest BCUT2D eigenvalue weighted by Gasteiger charge is -2.05. The molecule has 27 heavy (non-hydrogen) atoms. The molecule has 0 fully saturated rings. The van der Waals surface area contributed by atoms with Gasteiger partial charge in [0.25, 0.3) is 0 Å². The van der Waals surface area contributed by atoms with Crippen molar-refractivity contribution in [3.05, 3.63) is 65.0 Å². The molecule has 4 aromatic rings. The molecule has 0 atom stereocenters. The van der Waals surface area contributed by atoms with Crippen LogP contribution in [-0.2, 0) is 11.3 Å². The first-order valence-corrected chi connectivity index (χ1v) is 9.21. The van der Waals surface area contributed by atoms with Crippen molar-refractivity contribution in [2.45, 2.75) is 13.5 Å². The Morgan fingerprint density at radius 3 is 2.56 bits per heavy atom. The van der Waals surface area contributed by atoms with Crippen LogP contribution in [0.2, 0.25) is 0 Å². The molecule has 134 valence electrons. The van der Waals surface area contributed by atoms with Gasteiger partial charge in [0, 0.05) is 22.2 Å². The largest absolute Gasteiger partial charge is 0.324 e. The monoisotopic (exact) mass is 376 g/mol. The van der Waals surface area contributed by atoms with E-state index in [9.17, 15) is 4.79 Å². The van der Waals surface area contributed by atoms with Crippen molar-refractivity contribution in [3.8, 4) is 22.6 Å². The summed E-state index contributed by atoms with van der Waals surface area (Å²) < 4.78 is 0. The fourth-order valence-corrected chi connectivity index (χ4v) is 3.18. The second kappa shape index (κ2) is 7.46. The third-order valence-electron chi connectivity index (χ3n) is 3.85. The predicted octanol–water partition coefficient (Wildman–Crippen LogP) is 3.41. The number of hydrogen-bond donors (Lipinski definition) is 1. The molecule has 0 aliphatic heterocycles. The van der Waals surface area contributed by atoms with E-state index in [0.717, 1.165) is 21.8 Å². The Morgan fingerprint density at radius 2 is 1.85 bits per heavy atom. The van der Waals surface area contributed by atoms with Crippen molar-refractivity contribution in [1.82, 2.24) is 25.2 Å². The fraction of sp³-hybridized carbons (Fsp3) is 0.105. The standard InChI is InChI=1S/C19H16N6OS/c1-13-20-17(12-27-13)14-7-9-16(10-8-14)21-18(26)11-25-23-19(22-24-25)15-5-3-2-4-6-15/h2-10,12H,11H2,1H3,(H,21,26). The molecule has 0 saturated heterocycles. The van der Waals surface area contributed by atoms with Crippen LogP contribution < -0.4 is 5.32 Å². The molecule has 0 radical (unpaired) electrons. The van der Waals surface area contributed by atoms with E-state index in [1.54, 1.807) is 11.3 Å². The molecule has 7 nitrogen and oxygen atoms in total. The second-order valence-corrected chi connectivity index (χ2v) is 6.95. The number of rotatable bonds is 5. The van der Waals surface area contributed by atoms with Gasteiger partial charge in [0.1, 0.15) is 6.54 Å². The Morgan fingerprint density at radius 1 is 1.07 bits per heavy atom. The van der Waals surface area contributed by atoms with E-state index in [1.807, 2.05) is 66.9 Å². The summed E-state index contributed by atoms with van der Waals surface area (Å²) in [5, 5.41) is 18.1. The number of tetrazole rings is 1. The lowest BCUT2D eigenvalue weighted by Crippen LogP contribution is -2.20. The molecule has 0 aliphatic carbocycles. The minimum absolute atomic E-state index is 0.00708. The van der Waals surface area contributed by atoms with E-state index < -0.39 is 0 Å². The minimum atomic E-state index is -0.218. The predicted molar refractivity (Wildman–Crippen MR) is 104 cm³/mol. The molecule has 0 aliphatic rings. The summed E-state index contributed by atoms with van der Waals surface area (Å²) in [5.41, 5.74) is 3.52. The van der Waals surface area contributed by atoms with Gasteiger partial charge in [-0.3, -0.25) is 4.79 Å². The van der Waals surface area contributed by atoms with Crippen LogP contribution in [0.5, 0.6) is 0 Å². The molecular weight excluding hydrogens is 360 g/mol. The highest BCUT2D eigenvalue weighted by atomic mass is 32.1. The van der Waals surface area contributed by atoms with Gasteiger partial charge < -0.3 is 5.32 Å². The molecular formula is C19H16N6OS. The maximum Gasteiger partial charge on any atom is 0.248 e. The molecule has 0 unspecified atom stereocenters. The van der Waals surface area contributed by atoms with E-state index in [1.165, 1.54) is 4.80 Å². The van der Waals surface area contributed by atoms with Gasteiger partial charge in [-0.2, -0.15) is 4.80 Å². The van der Waals surface area contributed by atoms with E-state index in [0.29, 0.717) is 11.5 Å². The van der Waals surface area contributed by atoms with Crippen LogP contribution in [0.1, 0.15) is 5.01 Å². The Labute approximate surface area is 159 Å². The van der Waals surface area contributed by atoms with Gasteiger partial charge in [-0.15, -0.1) is 21.5 Å². The van der Waals surface area contributed by atoms with E-state index >= 15 is 0 Å². The van der Waals surface area contributed by atoms with Gasteiger partial charge in [0.15, 0.2) is 0 Å². The molecule has 0 spiro atoms. The minimum Gasteiger partial charge on any atom is -0.324 e. The summed E-state index contributed by atoms with van der Waals surface area (Å²) in [6.45, 7) is 1.97. The first-order chi connectivity index (χ1) is 13.2. The van der Waals surface area contributed by atoms with Crippen LogP contribution in [0.25, 0.3) is 22.6 Å². The van der Waals surface area contributed by atoms with Crippen LogP contribution in [-0.4, -0.2) is 31.1 Å². The summed E-state index contributed by atoms with van der Waals surface area (Å²) in [4.78, 5) is 18.0. The summed E-state index contributed by atoms with van der Waals surface area (Å²) in [6.07, 6.45) is 0. The van der Waals surface area contributed by atoms with Gasteiger partial charge in [-0.25, -0.2) is 4.98 Å². The average molecular weight is 376 g/mol. The topological polar surface area (TPSA) is 85.6 Å². The Kier molecular flexibility index (Phi) is 4.71. The van der Waals surface area contributed by atoms with Crippen LogP contribution >= 0.6 is 11.3 Å². The number of nitrogens with zero attached hydrogens (tertiary/aromatic N) is 5. The summed E-state index contributed by atoms with van der Waals surface area (Å²) in [6, 6.07) is 17.1. The highest BCUT2D eigenvalue weighted by molar-refractivity contribution is 7.09. The van der Waals surface area contributed by atoms with Crippen molar-refractivity contribution in [1.29, 1.82) is 0 Å². The van der Waals surface area contributed by atoms with Crippen LogP contribution in [0.3, 0.4) is 0 Å². The first kappa shape index (κ1) is 17.0. The SMILES string of the molecule is Cc1nc(-c2ccc(NC(=O)Cn3nnc(-c4ccccc4)n3)cc2)cs1. The molecule has 0 bridgehead atoms. The number of aromatic nitrogens is 5. The highest BCUT2D eigenvalue weighted by Crippen LogP contribution is 2.23. The lowest BCUT2D eigenvalue weighted by atomic mass is 10.1. The van der Waals surface area contributed by atoms with E-state index in [2.05, 4.69) is 25.7 Å². The number of amides is 1. The molecule has 2 heterocycles. The quantitative estimate of drug-likeness (QED) is 0.577. The highest BCUT2D eigenvalue weighted by Gasteiger charge is 2.10. The Balaban J connectivity index is 1.39. The van der Waals surface area contributed by atoms with Gasteiger partial charge in [0.05, 0.1) is 10.7 Å². The number of thiazole rings is 1. The number of anilines is 1. The van der Waals surface area contributed by atoms with Crippen LogP contribution in [0, 0.1) is 6.92 Å². The fourth-order valence-electron chi connectivity index (χ4n) is 2.56. The molecule has 8 heteroatoms. The lowest BCUT2D eigenvalue weighted by molar-refractivity contribution is -0.117. The number of nitrogens with one attached hydrogen (secondary N) is 1. The summed E-state index contributed by atoms with van der Waals surface area (Å²) in [7, 11) is 0. The van der Waals surface area contributed by atoms with Gasteiger partial charge in [0.2, 0.25) is 11.7 Å². The normalized spacial score (nSPS) is 10.7. The Hall–Kier alpha value is -3.39. The van der Waals surface area contributed by atoms with Gasteiger partial charge >= 0.3 is 0 Å². The van der Waals surface area contributed by atoms with Crippen molar-refractivity contribution in [3.63, 3.8) is 0 Å². The average Bonchev–Trinajstić information content (AvgIpc) is 3.32.